The molecule has 11 heteroatoms. The number of rotatable bonds is 8. The number of likely N-dealkylation sites (tertiary alicyclic amines) is 1. The number of piperidine rings is 1. The second-order valence-corrected chi connectivity index (χ2v) is 8.52. The number of imide groups is 1. The summed E-state index contributed by atoms with van der Waals surface area (Å²) in [6.07, 6.45) is 2.27. The van der Waals surface area contributed by atoms with Crippen LogP contribution in [-0.4, -0.2) is 98.4 Å². The van der Waals surface area contributed by atoms with Crippen molar-refractivity contribution in [3.8, 4) is 0 Å². The van der Waals surface area contributed by atoms with Gasteiger partial charge >= 0.3 is 12.1 Å². The van der Waals surface area contributed by atoms with E-state index in [1.165, 1.54) is 4.90 Å². The number of carbonyl (C=O) groups excluding carboxylic acids is 3. The Kier molecular flexibility index (Phi) is 9.35. The number of nitrogens with zero attached hydrogens (tertiary/aromatic N) is 3. The Morgan fingerprint density at radius 2 is 1.90 bits per heavy atom. The molecule has 0 aromatic rings. The monoisotopic (exact) mass is 440 g/mol. The van der Waals surface area contributed by atoms with E-state index in [1.54, 1.807) is 7.05 Å². The Morgan fingerprint density at radius 3 is 2.48 bits per heavy atom. The molecule has 0 atom stereocenters. The largest absolute Gasteiger partial charge is 0.444 e. The van der Waals surface area contributed by atoms with Crippen LogP contribution in [0.25, 0.3) is 0 Å². The van der Waals surface area contributed by atoms with Gasteiger partial charge in [-0.05, 0) is 40.0 Å². The number of ether oxygens (including phenoxy) is 2. The average Bonchev–Trinajstić information content (AvgIpc) is 3.02. The second-order valence-electron chi connectivity index (χ2n) is 8.52. The van der Waals surface area contributed by atoms with Crippen molar-refractivity contribution >= 4 is 24.0 Å². The van der Waals surface area contributed by atoms with Gasteiger partial charge < -0.3 is 30.3 Å². The molecule has 0 aliphatic carbocycles. The van der Waals surface area contributed by atoms with Crippen molar-refractivity contribution in [2.75, 3.05) is 52.9 Å². The zero-order chi connectivity index (χ0) is 22.9. The predicted molar refractivity (Wildman–Crippen MR) is 116 cm³/mol. The van der Waals surface area contributed by atoms with Crippen LogP contribution in [-0.2, 0) is 14.3 Å². The third-order valence-corrected chi connectivity index (χ3v) is 4.85. The highest BCUT2D eigenvalue weighted by atomic mass is 16.6. The normalized spacial score (nSPS) is 18.3. The minimum atomic E-state index is -0.496. The lowest BCUT2D eigenvalue weighted by atomic mass is 10.1. The highest BCUT2D eigenvalue weighted by Crippen LogP contribution is 2.14. The van der Waals surface area contributed by atoms with Crippen molar-refractivity contribution in [2.24, 2.45) is 4.99 Å². The molecule has 2 saturated heterocycles. The molecule has 0 radical (unpaired) electrons. The minimum Gasteiger partial charge on any atom is -0.444 e. The summed E-state index contributed by atoms with van der Waals surface area (Å²) in [7, 11) is 1.72. The van der Waals surface area contributed by atoms with Crippen molar-refractivity contribution < 1.29 is 23.9 Å². The number of aliphatic imine (C=N–C) groups is 1. The van der Waals surface area contributed by atoms with Gasteiger partial charge in [-0.2, -0.15) is 0 Å². The van der Waals surface area contributed by atoms with Crippen molar-refractivity contribution in [2.45, 2.75) is 51.7 Å². The number of alkyl carbamates (subject to hydrolysis) is 1. The Balaban J connectivity index is 1.58. The van der Waals surface area contributed by atoms with Crippen LogP contribution in [0.3, 0.4) is 0 Å². The molecule has 176 valence electrons. The first kappa shape index (κ1) is 24.7. The van der Waals surface area contributed by atoms with Gasteiger partial charge in [-0.25, -0.2) is 9.59 Å². The van der Waals surface area contributed by atoms with Gasteiger partial charge in [-0.3, -0.25) is 14.7 Å². The number of hydrogen-bond donors (Lipinski definition) is 3. The first-order valence-electron chi connectivity index (χ1n) is 10.8. The molecule has 0 spiro atoms. The van der Waals surface area contributed by atoms with Crippen LogP contribution in [0.2, 0.25) is 0 Å². The molecule has 0 aromatic carbocycles. The van der Waals surface area contributed by atoms with Gasteiger partial charge in [0.1, 0.15) is 5.60 Å². The fourth-order valence-electron chi connectivity index (χ4n) is 3.35. The lowest BCUT2D eigenvalue weighted by Crippen LogP contribution is -2.49. The Morgan fingerprint density at radius 1 is 1.19 bits per heavy atom. The molecule has 3 N–H and O–H groups in total. The van der Waals surface area contributed by atoms with Gasteiger partial charge in [0.15, 0.2) is 5.96 Å². The molecule has 0 bridgehead atoms. The summed E-state index contributed by atoms with van der Waals surface area (Å²) in [5.41, 5.74) is -0.496. The van der Waals surface area contributed by atoms with Gasteiger partial charge in [-0.1, -0.05) is 0 Å². The van der Waals surface area contributed by atoms with E-state index in [9.17, 15) is 14.4 Å². The van der Waals surface area contributed by atoms with Crippen LogP contribution in [0.4, 0.5) is 9.59 Å². The van der Waals surface area contributed by atoms with Crippen LogP contribution >= 0.6 is 0 Å². The van der Waals surface area contributed by atoms with E-state index in [0.29, 0.717) is 26.2 Å². The van der Waals surface area contributed by atoms with E-state index in [1.807, 2.05) is 20.8 Å². The van der Waals surface area contributed by atoms with Crippen LogP contribution < -0.4 is 16.0 Å². The molecular formula is C20H36N6O5. The highest BCUT2D eigenvalue weighted by molar-refractivity contribution is 6.01. The van der Waals surface area contributed by atoms with Crippen molar-refractivity contribution in [3.63, 3.8) is 0 Å². The number of amides is 4. The summed E-state index contributed by atoms with van der Waals surface area (Å²) in [5, 5.41) is 8.45. The SMILES string of the molecule is CN=C(NCCN1C(=O)CNC1=O)N1CCC(OCCCNC(=O)OC(C)(C)C)CC1. The van der Waals surface area contributed by atoms with Gasteiger partial charge in [0.05, 0.1) is 12.6 Å². The number of guanidine groups is 1. The van der Waals surface area contributed by atoms with Crippen molar-refractivity contribution in [1.29, 1.82) is 0 Å². The molecule has 2 fully saturated rings. The fraction of sp³-hybridized carbons (Fsp3) is 0.800. The van der Waals surface area contributed by atoms with E-state index in [-0.39, 0.29) is 24.6 Å². The molecule has 11 nitrogen and oxygen atoms in total. The smallest absolute Gasteiger partial charge is 0.407 e. The molecule has 2 heterocycles. The minimum absolute atomic E-state index is 0.0676. The van der Waals surface area contributed by atoms with Crippen molar-refractivity contribution in [3.05, 3.63) is 0 Å². The van der Waals surface area contributed by atoms with E-state index in [2.05, 4.69) is 25.8 Å². The molecule has 2 aliphatic rings. The average molecular weight is 441 g/mol. The van der Waals surface area contributed by atoms with Crippen LogP contribution in [0.15, 0.2) is 4.99 Å². The molecular weight excluding hydrogens is 404 g/mol. The number of hydrogen-bond acceptors (Lipinski definition) is 6. The first-order chi connectivity index (χ1) is 14.7. The molecule has 2 aliphatic heterocycles. The molecule has 4 amide bonds. The maximum Gasteiger partial charge on any atom is 0.407 e. The summed E-state index contributed by atoms with van der Waals surface area (Å²) in [6.45, 7) is 9.04. The number of carbonyl (C=O) groups is 3. The zero-order valence-corrected chi connectivity index (χ0v) is 19.0. The van der Waals surface area contributed by atoms with Crippen LogP contribution in [0, 0.1) is 0 Å². The van der Waals surface area contributed by atoms with Crippen molar-refractivity contribution in [1.82, 2.24) is 25.8 Å². The summed E-state index contributed by atoms with van der Waals surface area (Å²) in [5.74, 6) is 0.549. The third kappa shape index (κ3) is 8.60. The summed E-state index contributed by atoms with van der Waals surface area (Å²) >= 11 is 0. The summed E-state index contributed by atoms with van der Waals surface area (Å²) < 4.78 is 11.1. The first-order valence-corrected chi connectivity index (χ1v) is 10.8. The van der Waals surface area contributed by atoms with Crippen LogP contribution in [0.1, 0.15) is 40.0 Å². The van der Waals surface area contributed by atoms with E-state index in [0.717, 1.165) is 38.3 Å². The van der Waals surface area contributed by atoms with E-state index in [4.69, 9.17) is 9.47 Å². The zero-order valence-electron chi connectivity index (χ0n) is 19.0. The third-order valence-electron chi connectivity index (χ3n) is 4.85. The second kappa shape index (κ2) is 11.7. The van der Waals surface area contributed by atoms with Gasteiger partial charge in [0.25, 0.3) is 0 Å². The lowest BCUT2D eigenvalue weighted by Gasteiger charge is -2.34. The predicted octanol–water partition coefficient (Wildman–Crippen LogP) is 0.509. The lowest BCUT2D eigenvalue weighted by molar-refractivity contribution is -0.124. The molecule has 0 saturated carbocycles. The molecule has 31 heavy (non-hydrogen) atoms. The van der Waals surface area contributed by atoms with Gasteiger partial charge in [0.2, 0.25) is 5.91 Å². The number of nitrogens with one attached hydrogen (secondary N) is 3. The fourth-order valence-corrected chi connectivity index (χ4v) is 3.35. The Labute approximate surface area is 183 Å². The molecule has 0 aromatic heterocycles. The van der Waals surface area contributed by atoms with Gasteiger partial charge in [-0.15, -0.1) is 0 Å². The topological polar surface area (TPSA) is 125 Å². The summed E-state index contributed by atoms with van der Waals surface area (Å²) in [4.78, 5) is 42.4. The Bertz CT molecular complexity index is 639. The molecule has 2 rings (SSSR count). The van der Waals surface area contributed by atoms with Gasteiger partial charge in [0, 0.05) is 46.4 Å². The van der Waals surface area contributed by atoms with Crippen LogP contribution in [0.5, 0.6) is 0 Å². The quantitative estimate of drug-likeness (QED) is 0.217. The van der Waals surface area contributed by atoms with E-state index >= 15 is 0 Å². The highest BCUT2D eigenvalue weighted by Gasteiger charge is 2.28. The Hall–Kier alpha value is -2.56. The standard InChI is InChI=1S/C20H36N6O5/c1-20(2,3)31-19(29)23-8-5-13-30-15-6-10-25(11-7-15)17(21-4)22-9-12-26-16(27)14-24-18(26)28/h15H,5-14H2,1-4H3,(H,21,22)(H,23,29)(H,24,28). The number of urea groups is 1. The molecule has 0 unspecified atom stereocenters. The maximum absolute atomic E-state index is 11.6. The summed E-state index contributed by atoms with van der Waals surface area (Å²) in [6, 6.07) is -0.346. The van der Waals surface area contributed by atoms with E-state index < -0.39 is 11.7 Å². The maximum atomic E-state index is 11.6.